The summed E-state index contributed by atoms with van der Waals surface area (Å²) >= 11 is 0. The summed E-state index contributed by atoms with van der Waals surface area (Å²) in [6.07, 6.45) is 15.6. The van der Waals surface area contributed by atoms with Gasteiger partial charge in [-0.25, -0.2) is 0 Å². The number of benzene rings is 2. The van der Waals surface area contributed by atoms with Crippen LogP contribution in [0.3, 0.4) is 0 Å². The summed E-state index contributed by atoms with van der Waals surface area (Å²) < 4.78 is 4.67. The van der Waals surface area contributed by atoms with Gasteiger partial charge in [0.25, 0.3) is 0 Å². The Kier molecular flexibility index (Phi) is 10.4. The number of hydrogen-bond donors (Lipinski definition) is 0. The van der Waals surface area contributed by atoms with Crippen molar-refractivity contribution in [3.8, 4) is 0 Å². The van der Waals surface area contributed by atoms with Crippen molar-refractivity contribution in [1.82, 2.24) is 4.57 Å². The molecule has 2 aromatic carbocycles. The summed E-state index contributed by atoms with van der Waals surface area (Å²) in [5.41, 5.74) is 7.96. The van der Waals surface area contributed by atoms with E-state index in [4.69, 9.17) is 0 Å². The van der Waals surface area contributed by atoms with Crippen LogP contribution in [0.15, 0.2) is 59.9 Å². The quantitative estimate of drug-likeness (QED) is 0.0966. The standard InChI is InChI=1S/C39H50N2O2/c1-5-8-10-12-14-16-26-33-35(30-23-18-19-24-31(30)40(33)7-3)37-38(42)36(39(37)43)34-28(4)41(27-21-15-13-11-9-6-2)32-25-20-17-22-29(32)34/h17-20,22-25H,5-16,21,26-27H2,1-4H3. The summed E-state index contributed by atoms with van der Waals surface area (Å²) in [6.45, 7) is 10.5. The Hall–Kier alpha value is -3.40. The second-order valence-corrected chi connectivity index (χ2v) is 12.4. The highest BCUT2D eigenvalue weighted by atomic mass is 16.3. The molecule has 0 bridgehead atoms. The number of carbonyl (C=O) groups excluding carboxylic acids is 1. The van der Waals surface area contributed by atoms with Gasteiger partial charge in [-0.15, -0.1) is 0 Å². The predicted molar refractivity (Wildman–Crippen MR) is 179 cm³/mol. The first-order chi connectivity index (χ1) is 21.0. The van der Waals surface area contributed by atoms with Gasteiger partial charge in [0.05, 0.1) is 11.1 Å². The molecule has 2 heterocycles. The Bertz CT molecular complexity index is 1570. The zero-order valence-electron chi connectivity index (χ0n) is 26.9. The number of allylic oxidation sites excluding steroid dienone is 3. The second-order valence-electron chi connectivity index (χ2n) is 12.4. The lowest BCUT2D eigenvalue weighted by Gasteiger charge is -2.32. The number of rotatable bonds is 16. The van der Waals surface area contributed by atoms with Crippen LogP contribution in [0.2, 0.25) is 0 Å². The fourth-order valence-corrected chi connectivity index (χ4v) is 7.26. The normalized spacial score (nSPS) is 16.5. The average Bonchev–Trinajstić information content (AvgIpc) is 3.47. The molecule has 1 aromatic heterocycles. The summed E-state index contributed by atoms with van der Waals surface area (Å²) in [5.74, 6) is -0.169. The summed E-state index contributed by atoms with van der Waals surface area (Å²) in [6, 6.07) is 16.6. The molecule has 3 aromatic rings. The average molecular weight is 579 g/mol. The van der Waals surface area contributed by atoms with Crippen LogP contribution in [0.4, 0.5) is 5.69 Å². The van der Waals surface area contributed by atoms with Crippen LogP contribution in [0.1, 0.15) is 121 Å². The molecule has 43 heavy (non-hydrogen) atoms. The topological polar surface area (TPSA) is 48.1 Å². The lowest BCUT2D eigenvalue weighted by atomic mass is 9.77. The van der Waals surface area contributed by atoms with E-state index in [1.54, 1.807) is 0 Å². The zero-order chi connectivity index (χ0) is 30.3. The van der Waals surface area contributed by atoms with Crippen LogP contribution in [0, 0.1) is 6.92 Å². The van der Waals surface area contributed by atoms with Crippen LogP contribution < -0.4 is 5.11 Å². The Balaban J connectivity index is 1.51. The third-order valence-electron chi connectivity index (χ3n) is 9.54. The van der Waals surface area contributed by atoms with Crippen LogP contribution in [0.25, 0.3) is 22.0 Å². The number of hydrogen-bond acceptors (Lipinski definition) is 2. The summed E-state index contributed by atoms with van der Waals surface area (Å²) in [7, 11) is 0. The third-order valence-corrected chi connectivity index (χ3v) is 9.54. The van der Waals surface area contributed by atoms with Crippen molar-refractivity contribution in [3.05, 3.63) is 76.7 Å². The smallest absolute Gasteiger partial charge is 0.213 e. The maximum absolute atomic E-state index is 14.2. The van der Waals surface area contributed by atoms with Gasteiger partial charge < -0.3 is 9.67 Å². The molecule has 0 amide bonds. The van der Waals surface area contributed by atoms with Gasteiger partial charge in [0.2, 0.25) is 5.69 Å². The van der Waals surface area contributed by atoms with E-state index in [-0.39, 0.29) is 11.5 Å². The molecule has 0 saturated carbocycles. The molecule has 5 rings (SSSR count). The number of carbonyl (C=O) groups is 1. The van der Waals surface area contributed by atoms with Crippen LogP contribution in [-0.4, -0.2) is 27.2 Å². The Morgan fingerprint density at radius 1 is 0.721 bits per heavy atom. The molecule has 0 radical (unpaired) electrons. The number of aromatic nitrogens is 1. The lowest BCUT2D eigenvalue weighted by molar-refractivity contribution is -0.433. The van der Waals surface area contributed by atoms with Crippen molar-refractivity contribution < 1.29 is 14.5 Å². The SMILES string of the molecule is CCCCCCCCC1=[N+](CC)c2ccccc2/C1=C1\C(=O)C(c2c(C)n(CCCCCCCC)c3ccccc23)=C1[O-]. The summed E-state index contributed by atoms with van der Waals surface area (Å²) in [5, 5.41) is 15.2. The molecule has 0 unspecified atom stereocenters. The van der Waals surface area contributed by atoms with Crippen molar-refractivity contribution in [2.45, 2.75) is 118 Å². The van der Waals surface area contributed by atoms with Crippen LogP contribution in [0.5, 0.6) is 0 Å². The predicted octanol–water partition coefficient (Wildman–Crippen LogP) is 9.29. The largest absolute Gasteiger partial charge is 0.871 e. The zero-order valence-corrected chi connectivity index (χ0v) is 26.9. The maximum Gasteiger partial charge on any atom is 0.213 e. The van der Waals surface area contributed by atoms with E-state index >= 15 is 0 Å². The molecular formula is C39H50N2O2. The number of fused-ring (bicyclic) bond motifs is 2. The Morgan fingerprint density at radius 2 is 1.35 bits per heavy atom. The molecular weight excluding hydrogens is 528 g/mol. The van der Waals surface area contributed by atoms with Gasteiger partial charge in [-0.05, 0) is 38.8 Å². The van der Waals surface area contributed by atoms with E-state index < -0.39 is 0 Å². The number of ketones is 1. The second kappa shape index (κ2) is 14.4. The molecule has 0 fully saturated rings. The maximum atomic E-state index is 14.2. The number of unbranched alkanes of at least 4 members (excludes halogenated alkanes) is 10. The van der Waals surface area contributed by atoms with E-state index in [2.05, 4.69) is 73.2 Å². The molecule has 1 aliphatic carbocycles. The molecule has 0 N–H and O–H groups in total. The van der Waals surface area contributed by atoms with E-state index in [0.29, 0.717) is 11.1 Å². The molecule has 1 aliphatic heterocycles. The Morgan fingerprint density at radius 3 is 2.05 bits per heavy atom. The molecule has 4 heteroatoms. The Labute approximate surface area is 258 Å². The number of nitrogens with zero attached hydrogens (tertiary/aromatic N) is 2. The van der Waals surface area contributed by atoms with Crippen molar-refractivity contribution in [3.63, 3.8) is 0 Å². The monoisotopic (exact) mass is 578 g/mol. The van der Waals surface area contributed by atoms with Gasteiger partial charge in [0, 0.05) is 52.3 Å². The van der Waals surface area contributed by atoms with E-state index in [1.165, 1.54) is 64.2 Å². The van der Waals surface area contributed by atoms with Crippen molar-refractivity contribution in [2.75, 3.05) is 6.54 Å². The third kappa shape index (κ3) is 6.03. The van der Waals surface area contributed by atoms with Crippen molar-refractivity contribution >= 4 is 39.2 Å². The number of para-hydroxylation sites is 2. The van der Waals surface area contributed by atoms with Gasteiger partial charge in [-0.1, -0.05) is 114 Å². The molecule has 0 atom stereocenters. The molecule has 0 spiro atoms. The number of aryl methyl sites for hydroxylation is 1. The van der Waals surface area contributed by atoms with Crippen LogP contribution >= 0.6 is 0 Å². The van der Waals surface area contributed by atoms with E-state index in [9.17, 15) is 9.90 Å². The highest BCUT2D eigenvalue weighted by molar-refractivity contribution is 6.47. The highest BCUT2D eigenvalue weighted by Gasteiger charge is 2.42. The lowest BCUT2D eigenvalue weighted by Crippen LogP contribution is -2.31. The van der Waals surface area contributed by atoms with Crippen LogP contribution in [-0.2, 0) is 11.3 Å². The molecule has 4 nitrogen and oxygen atoms in total. The van der Waals surface area contributed by atoms with E-state index in [0.717, 1.165) is 77.0 Å². The van der Waals surface area contributed by atoms with Gasteiger partial charge in [0.15, 0.2) is 11.5 Å². The summed E-state index contributed by atoms with van der Waals surface area (Å²) in [4.78, 5) is 14.2. The van der Waals surface area contributed by atoms with Gasteiger partial charge in [-0.3, -0.25) is 4.79 Å². The first-order valence-corrected chi connectivity index (χ1v) is 17.1. The first kappa shape index (κ1) is 31.0. The molecule has 228 valence electrons. The fraction of sp³-hybridized carbons (Fsp3) is 0.487. The van der Waals surface area contributed by atoms with Crippen molar-refractivity contribution in [2.24, 2.45) is 0 Å². The first-order valence-electron chi connectivity index (χ1n) is 17.1. The number of Topliss-reactive ketones (excluding diaryl/α,β-unsaturated/α-hetero) is 1. The highest BCUT2D eigenvalue weighted by Crippen LogP contribution is 2.47. The fourth-order valence-electron chi connectivity index (χ4n) is 7.26. The minimum absolute atomic E-state index is 0.0845. The van der Waals surface area contributed by atoms with E-state index in [1.807, 2.05) is 12.1 Å². The molecule has 2 aliphatic rings. The van der Waals surface area contributed by atoms with Gasteiger partial charge in [-0.2, -0.15) is 4.58 Å². The minimum atomic E-state index is -0.0845. The molecule has 0 saturated heterocycles. The van der Waals surface area contributed by atoms with Gasteiger partial charge in [0.1, 0.15) is 6.54 Å². The minimum Gasteiger partial charge on any atom is -0.871 e. The van der Waals surface area contributed by atoms with Gasteiger partial charge >= 0.3 is 0 Å². The van der Waals surface area contributed by atoms with Crippen molar-refractivity contribution in [1.29, 1.82) is 0 Å².